The van der Waals surface area contributed by atoms with Gasteiger partial charge in [-0.3, -0.25) is 4.99 Å². The first-order valence-corrected chi connectivity index (χ1v) is 6.86. The van der Waals surface area contributed by atoms with Crippen LogP contribution in [0.4, 0.5) is 0 Å². The van der Waals surface area contributed by atoms with E-state index in [9.17, 15) is 0 Å². The van der Waals surface area contributed by atoms with Crippen LogP contribution in [0, 0.1) is 0 Å². The lowest BCUT2D eigenvalue weighted by molar-refractivity contribution is 0.410. The Morgan fingerprint density at radius 1 is 1.37 bits per heavy atom. The van der Waals surface area contributed by atoms with E-state index in [0.717, 1.165) is 12.5 Å². The molecule has 0 aliphatic heterocycles. The Kier molecular flexibility index (Phi) is 7.27. The first-order chi connectivity index (χ1) is 8.78. The lowest BCUT2D eigenvalue weighted by atomic mass is 9.96. The van der Waals surface area contributed by atoms with Gasteiger partial charge in [0.15, 0.2) is 5.96 Å². The van der Waals surface area contributed by atoms with Crippen molar-refractivity contribution >= 4 is 29.9 Å². The first-order valence-electron chi connectivity index (χ1n) is 6.86. The Hall–Kier alpha value is -0.720. The number of hydrogen-bond donors (Lipinski definition) is 2. The van der Waals surface area contributed by atoms with Gasteiger partial charge in [-0.1, -0.05) is 19.3 Å². The van der Waals surface area contributed by atoms with Gasteiger partial charge in [0.25, 0.3) is 0 Å². The lowest BCUT2D eigenvalue weighted by Gasteiger charge is -2.24. The fourth-order valence-electron chi connectivity index (χ4n) is 2.49. The second-order valence-electron chi connectivity index (χ2n) is 5.09. The fraction of sp³-hybridized carbons (Fsp3) is 0.643. The minimum absolute atomic E-state index is 0. The molecule has 2 N–H and O–H groups in total. The average molecular weight is 376 g/mol. The van der Waals surface area contributed by atoms with E-state index < -0.39 is 0 Å². The van der Waals surface area contributed by atoms with E-state index in [2.05, 4.69) is 38.7 Å². The highest BCUT2D eigenvalue weighted by atomic mass is 127. The number of aliphatic imine (C=N–C) groups is 1. The summed E-state index contributed by atoms with van der Waals surface area (Å²) in [6.07, 6.45) is 10.8. The van der Waals surface area contributed by atoms with E-state index in [1.807, 2.05) is 14.1 Å². The molecule has 0 aromatic carbocycles. The number of nitrogens with zero attached hydrogens (tertiary/aromatic N) is 2. The minimum Gasteiger partial charge on any atom is -0.357 e. The van der Waals surface area contributed by atoms with Gasteiger partial charge in [0.2, 0.25) is 0 Å². The largest absolute Gasteiger partial charge is 0.357 e. The molecule has 4 nitrogen and oxygen atoms in total. The molecule has 0 saturated heterocycles. The van der Waals surface area contributed by atoms with E-state index in [1.165, 1.54) is 37.7 Å². The third kappa shape index (κ3) is 5.42. The maximum absolute atomic E-state index is 4.29. The molecule has 0 atom stereocenters. The number of hydrogen-bond acceptors (Lipinski definition) is 1. The number of aromatic nitrogens is 1. The first kappa shape index (κ1) is 16.3. The van der Waals surface area contributed by atoms with Crippen molar-refractivity contribution in [2.45, 2.75) is 44.7 Å². The van der Waals surface area contributed by atoms with Gasteiger partial charge >= 0.3 is 0 Å². The van der Waals surface area contributed by atoms with Crippen LogP contribution in [0.2, 0.25) is 0 Å². The van der Waals surface area contributed by atoms with Crippen molar-refractivity contribution in [3.63, 3.8) is 0 Å². The van der Waals surface area contributed by atoms with Crippen LogP contribution in [0.15, 0.2) is 23.5 Å². The molecule has 1 aromatic rings. The predicted octanol–water partition coefficient (Wildman–Crippen LogP) is 2.64. The molecule has 108 valence electrons. The van der Waals surface area contributed by atoms with Crippen molar-refractivity contribution in [2.24, 2.45) is 12.0 Å². The van der Waals surface area contributed by atoms with Gasteiger partial charge in [-0.05, 0) is 24.5 Å². The van der Waals surface area contributed by atoms with Crippen LogP contribution in [0.1, 0.15) is 37.7 Å². The zero-order valence-electron chi connectivity index (χ0n) is 11.9. The molecular weight excluding hydrogens is 351 g/mol. The number of rotatable bonds is 3. The molecular formula is C14H25IN4. The lowest BCUT2D eigenvalue weighted by Crippen LogP contribution is -2.43. The summed E-state index contributed by atoms with van der Waals surface area (Å²) in [4.78, 5) is 4.29. The van der Waals surface area contributed by atoms with Crippen LogP contribution < -0.4 is 10.6 Å². The smallest absolute Gasteiger partial charge is 0.191 e. The number of halogens is 1. The Morgan fingerprint density at radius 3 is 2.68 bits per heavy atom. The number of aryl methyl sites for hydroxylation is 1. The highest BCUT2D eigenvalue weighted by molar-refractivity contribution is 14.0. The topological polar surface area (TPSA) is 41.4 Å². The maximum Gasteiger partial charge on any atom is 0.191 e. The number of guanidine groups is 1. The van der Waals surface area contributed by atoms with E-state index in [4.69, 9.17) is 0 Å². The zero-order valence-corrected chi connectivity index (χ0v) is 14.2. The zero-order chi connectivity index (χ0) is 12.8. The van der Waals surface area contributed by atoms with Crippen LogP contribution in [-0.2, 0) is 13.6 Å². The summed E-state index contributed by atoms with van der Waals surface area (Å²) in [5.74, 6) is 0.922. The SMILES string of the molecule is CN=C(NCc1ccn(C)c1)NC1CCCCC1.I. The van der Waals surface area contributed by atoms with Gasteiger partial charge in [0, 0.05) is 39.1 Å². The summed E-state index contributed by atoms with van der Waals surface area (Å²) < 4.78 is 2.06. The van der Waals surface area contributed by atoms with E-state index >= 15 is 0 Å². The van der Waals surface area contributed by atoms with Gasteiger partial charge in [-0.15, -0.1) is 24.0 Å². The third-order valence-electron chi connectivity index (χ3n) is 3.52. The molecule has 5 heteroatoms. The Bertz CT molecular complexity index is 394. The van der Waals surface area contributed by atoms with Crippen LogP contribution >= 0.6 is 24.0 Å². The molecule has 1 heterocycles. The minimum atomic E-state index is 0. The van der Waals surface area contributed by atoms with Gasteiger partial charge in [0.1, 0.15) is 0 Å². The van der Waals surface area contributed by atoms with Gasteiger partial charge in [0.05, 0.1) is 0 Å². The van der Waals surface area contributed by atoms with Crippen LogP contribution in [-0.4, -0.2) is 23.6 Å². The van der Waals surface area contributed by atoms with E-state index in [0.29, 0.717) is 6.04 Å². The van der Waals surface area contributed by atoms with Crippen molar-refractivity contribution in [3.05, 3.63) is 24.0 Å². The average Bonchev–Trinajstić information content (AvgIpc) is 2.81. The standard InChI is InChI=1S/C14H24N4.HI/c1-15-14(17-13-6-4-3-5-7-13)16-10-12-8-9-18(2)11-12;/h8-9,11,13H,3-7,10H2,1-2H3,(H2,15,16,17);1H. The molecule has 1 fully saturated rings. The molecule has 1 aliphatic carbocycles. The van der Waals surface area contributed by atoms with Crippen LogP contribution in [0.5, 0.6) is 0 Å². The van der Waals surface area contributed by atoms with Gasteiger partial charge < -0.3 is 15.2 Å². The molecule has 1 aliphatic rings. The molecule has 19 heavy (non-hydrogen) atoms. The Balaban J connectivity index is 0.00000180. The monoisotopic (exact) mass is 376 g/mol. The summed E-state index contributed by atoms with van der Waals surface area (Å²) in [6.45, 7) is 0.827. The van der Waals surface area contributed by atoms with Crippen molar-refractivity contribution in [3.8, 4) is 0 Å². The Morgan fingerprint density at radius 2 is 2.11 bits per heavy atom. The van der Waals surface area contributed by atoms with Gasteiger partial charge in [-0.25, -0.2) is 0 Å². The van der Waals surface area contributed by atoms with Crippen LogP contribution in [0.3, 0.4) is 0 Å². The summed E-state index contributed by atoms with van der Waals surface area (Å²) in [5, 5.41) is 6.89. The molecule has 0 radical (unpaired) electrons. The molecule has 1 saturated carbocycles. The van der Waals surface area contributed by atoms with Crippen LogP contribution in [0.25, 0.3) is 0 Å². The number of nitrogens with one attached hydrogen (secondary N) is 2. The highest BCUT2D eigenvalue weighted by Crippen LogP contribution is 2.17. The molecule has 1 aromatic heterocycles. The molecule has 0 spiro atoms. The normalized spacial score (nSPS) is 16.8. The van der Waals surface area contributed by atoms with Gasteiger partial charge in [-0.2, -0.15) is 0 Å². The predicted molar refractivity (Wildman–Crippen MR) is 91.0 cm³/mol. The summed E-state index contributed by atoms with van der Waals surface area (Å²) >= 11 is 0. The third-order valence-corrected chi connectivity index (χ3v) is 3.52. The summed E-state index contributed by atoms with van der Waals surface area (Å²) in [7, 11) is 3.88. The fourth-order valence-corrected chi connectivity index (χ4v) is 2.49. The van der Waals surface area contributed by atoms with Crippen molar-refractivity contribution in [2.75, 3.05) is 7.05 Å². The molecule has 0 bridgehead atoms. The van der Waals surface area contributed by atoms with E-state index in [1.54, 1.807) is 0 Å². The van der Waals surface area contributed by atoms with Crippen molar-refractivity contribution in [1.82, 2.24) is 15.2 Å². The summed E-state index contributed by atoms with van der Waals surface area (Å²) in [6, 6.07) is 2.72. The van der Waals surface area contributed by atoms with Crippen molar-refractivity contribution < 1.29 is 0 Å². The Labute approximate surface area is 133 Å². The second-order valence-corrected chi connectivity index (χ2v) is 5.09. The molecule has 0 amide bonds. The van der Waals surface area contributed by atoms with Crippen molar-refractivity contribution in [1.29, 1.82) is 0 Å². The highest BCUT2D eigenvalue weighted by Gasteiger charge is 2.14. The quantitative estimate of drug-likeness (QED) is 0.484. The molecule has 0 unspecified atom stereocenters. The summed E-state index contributed by atoms with van der Waals surface area (Å²) in [5.41, 5.74) is 1.28. The molecule has 2 rings (SSSR count). The second kappa shape index (κ2) is 8.45. The maximum atomic E-state index is 4.29. The van der Waals surface area contributed by atoms with E-state index in [-0.39, 0.29) is 24.0 Å².